The lowest BCUT2D eigenvalue weighted by Gasteiger charge is -2.13. The standard InChI is InChI=1S/C10H12N2S/c1-10(2,11)9-12-7-5-3-4-6-8(7)13-9/h3-6H,11H2,1-2H3. The van der Waals surface area contributed by atoms with E-state index in [9.17, 15) is 0 Å². The molecule has 68 valence electrons. The van der Waals surface area contributed by atoms with Crippen LogP contribution in [-0.2, 0) is 5.54 Å². The van der Waals surface area contributed by atoms with Gasteiger partial charge in [0.2, 0.25) is 0 Å². The second-order valence-electron chi connectivity index (χ2n) is 3.71. The summed E-state index contributed by atoms with van der Waals surface area (Å²) in [5.41, 5.74) is 6.68. The highest BCUT2D eigenvalue weighted by atomic mass is 32.1. The van der Waals surface area contributed by atoms with Crippen molar-refractivity contribution >= 4 is 21.6 Å². The molecule has 0 aliphatic heterocycles. The molecule has 0 amide bonds. The highest BCUT2D eigenvalue weighted by Gasteiger charge is 2.18. The summed E-state index contributed by atoms with van der Waals surface area (Å²) < 4.78 is 1.20. The van der Waals surface area contributed by atoms with E-state index < -0.39 is 0 Å². The van der Waals surface area contributed by atoms with Crippen molar-refractivity contribution in [3.63, 3.8) is 0 Å². The number of benzene rings is 1. The molecular weight excluding hydrogens is 180 g/mol. The van der Waals surface area contributed by atoms with Crippen molar-refractivity contribution in [3.8, 4) is 0 Å². The number of thiazole rings is 1. The van der Waals surface area contributed by atoms with E-state index >= 15 is 0 Å². The predicted molar refractivity (Wildman–Crippen MR) is 56.8 cm³/mol. The second-order valence-corrected chi connectivity index (χ2v) is 4.74. The fourth-order valence-electron chi connectivity index (χ4n) is 1.15. The van der Waals surface area contributed by atoms with Gasteiger partial charge in [-0.15, -0.1) is 11.3 Å². The van der Waals surface area contributed by atoms with Crippen molar-refractivity contribution in [2.45, 2.75) is 19.4 Å². The van der Waals surface area contributed by atoms with Gasteiger partial charge < -0.3 is 5.73 Å². The maximum Gasteiger partial charge on any atom is 0.113 e. The highest BCUT2D eigenvalue weighted by molar-refractivity contribution is 7.18. The van der Waals surface area contributed by atoms with Crippen LogP contribution in [0.1, 0.15) is 18.9 Å². The summed E-state index contributed by atoms with van der Waals surface area (Å²) in [4.78, 5) is 4.48. The van der Waals surface area contributed by atoms with Crippen LogP contribution in [0.4, 0.5) is 0 Å². The summed E-state index contributed by atoms with van der Waals surface area (Å²) in [6, 6.07) is 8.10. The molecule has 0 fully saturated rings. The van der Waals surface area contributed by atoms with Crippen LogP contribution < -0.4 is 5.73 Å². The lowest BCUT2D eigenvalue weighted by atomic mass is 10.1. The highest BCUT2D eigenvalue weighted by Crippen LogP contribution is 2.27. The van der Waals surface area contributed by atoms with E-state index in [-0.39, 0.29) is 5.54 Å². The van der Waals surface area contributed by atoms with E-state index in [1.54, 1.807) is 11.3 Å². The van der Waals surface area contributed by atoms with E-state index in [1.165, 1.54) is 4.70 Å². The number of para-hydroxylation sites is 1. The Morgan fingerprint density at radius 1 is 1.31 bits per heavy atom. The number of aromatic nitrogens is 1. The molecule has 3 heteroatoms. The van der Waals surface area contributed by atoms with Crippen LogP contribution >= 0.6 is 11.3 Å². The van der Waals surface area contributed by atoms with Gasteiger partial charge in [0.1, 0.15) is 5.01 Å². The van der Waals surface area contributed by atoms with Gasteiger partial charge in [-0.25, -0.2) is 4.98 Å². The third-order valence-corrected chi connectivity index (χ3v) is 3.22. The molecule has 0 saturated heterocycles. The quantitative estimate of drug-likeness (QED) is 0.754. The maximum atomic E-state index is 5.97. The van der Waals surface area contributed by atoms with E-state index in [0.717, 1.165) is 10.5 Å². The number of rotatable bonds is 1. The Bertz CT molecular complexity index is 393. The SMILES string of the molecule is CC(C)(N)c1nc2ccccc2s1. The Balaban J connectivity index is 2.63. The van der Waals surface area contributed by atoms with Gasteiger partial charge in [0.15, 0.2) is 0 Å². The van der Waals surface area contributed by atoms with Crippen LogP contribution in [0.5, 0.6) is 0 Å². The molecule has 13 heavy (non-hydrogen) atoms. The Morgan fingerprint density at radius 2 is 2.00 bits per heavy atom. The third kappa shape index (κ3) is 1.57. The van der Waals surface area contributed by atoms with E-state index in [2.05, 4.69) is 11.1 Å². The molecule has 1 aromatic carbocycles. The molecule has 0 spiro atoms. The molecule has 2 rings (SSSR count). The maximum absolute atomic E-state index is 5.97. The topological polar surface area (TPSA) is 38.9 Å². The van der Waals surface area contributed by atoms with Crippen molar-refractivity contribution in [3.05, 3.63) is 29.3 Å². The van der Waals surface area contributed by atoms with Gasteiger partial charge in [0.25, 0.3) is 0 Å². The van der Waals surface area contributed by atoms with Crippen LogP contribution in [-0.4, -0.2) is 4.98 Å². The van der Waals surface area contributed by atoms with E-state index in [4.69, 9.17) is 5.73 Å². The number of fused-ring (bicyclic) bond motifs is 1. The summed E-state index contributed by atoms with van der Waals surface area (Å²) in [6.45, 7) is 3.95. The summed E-state index contributed by atoms with van der Waals surface area (Å²) in [7, 11) is 0. The van der Waals surface area contributed by atoms with Gasteiger partial charge in [-0.3, -0.25) is 0 Å². The minimum atomic E-state index is -0.330. The van der Waals surface area contributed by atoms with Crippen LogP contribution in [0.3, 0.4) is 0 Å². The number of nitrogens with zero attached hydrogens (tertiary/aromatic N) is 1. The van der Waals surface area contributed by atoms with Crippen LogP contribution in [0.25, 0.3) is 10.2 Å². The Morgan fingerprint density at radius 3 is 2.62 bits per heavy atom. The van der Waals surface area contributed by atoms with Crippen molar-refractivity contribution in [1.29, 1.82) is 0 Å². The van der Waals surface area contributed by atoms with Gasteiger partial charge in [0, 0.05) is 0 Å². The molecule has 0 atom stereocenters. The van der Waals surface area contributed by atoms with E-state index in [0.29, 0.717) is 0 Å². The first kappa shape index (κ1) is 8.66. The smallest absolute Gasteiger partial charge is 0.113 e. The van der Waals surface area contributed by atoms with Crippen LogP contribution in [0, 0.1) is 0 Å². The molecule has 2 N–H and O–H groups in total. The zero-order valence-corrected chi connectivity index (χ0v) is 8.56. The molecule has 1 aromatic heterocycles. The summed E-state index contributed by atoms with van der Waals surface area (Å²) in [5.74, 6) is 0. The molecule has 0 unspecified atom stereocenters. The molecule has 2 aromatic rings. The minimum Gasteiger partial charge on any atom is -0.320 e. The zero-order valence-electron chi connectivity index (χ0n) is 7.74. The van der Waals surface area contributed by atoms with Crippen molar-refractivity contribution < 1.29 is 0 Å². The van der Waals surface area contributed by atoms with Crippen molar-refractivity contribution in [2.24, 2.45) is 5.73 Å². The molecular formula is C10H12N2S. The molecule has 0 bridgehead atoms. The van der Waals surface area contributed by atoms with Gasteiger partial charge in [-0.2, -0.15) is 0 Å². The number of hydrogen-bond acceptors (Lipinski definition) is 3. The Kier molecular flexibility index (Phi) is 1.86. The fraction of sp³-hybridized carbons (Fsp3) is 0.300. The van der Waals surface area contributed by atoms with Crippen LogP contribution in [0.15, 0.2) is 24.3 Å². The lowest BCUT2D eigenvalue weighted by Crippen LogP contribution is -2.28. The van der Waals surface area contributed by atoms with Gasteiger partial charge in [-0.1, -0.05) is 12.1 Å². The van der Waals surface area contributed by atoms with Crippen LogP contribution in [0.2, 0.25) is 0 Å². The molecule has 1 heterocycles. The van der Waals surface area contributed by atoms with E-state index in [1.807, 2.05) is 32.0 Å². The van der Waals surface area contributed by atoms with Crippen molar-refractivity contribution in [1.82, 2.24) is 4.98 Å². The molecule has 0 saturated carbocycles. The molecule has 0 radical (unpaired) electrons. The lowest BCUT2D eigenvalue weighted by molar-refractivity contribution is 0.551. The van der Waals surface area contributed by atoms with Crippen molar-refractivity contribution in [2.75, 3.05) is 0 Å². The van der Waals surface area contributed by atoms with Gasteiger partial charge in [0.05, 0.1) is 15.8 Å². The van der Waals surface area contributed by atoms with Gasteiger partial charge in [-0.05, 0) is 26.0 Å². The molecule has 2 nitrogen and oxygen atoms in total. The van der Waals surface area contributed by atoms with Gasteiger partial charge >= 0.3 is 0 Å². The largest absolute Gasteiger partial charge is 0.320 e. The monoisotopic (exact) mass is 192 g/mol. The average molecular weight is 192 g/mol. The fourth-order valence-corrected chi connectivity index (χ4v) is 2.13. The Hall–Kier alpha value is -0.930. The second kappa shape index (κ2) is 2.79. The first-order valence-corrected chi connectivity index (χ1v) is 5.04. The third-order valence-electron chi connectivity index (χ3n) is 1.85. The first-order chi connectivity index (χ1) is 6.07. The normalized spacial score (nSPS) is 12.2. The summed E-state index contributed by atoms with van der Waals surface area (Å²) in [5, 5.41) is 0.994. The first-order valence-electron chi connectivity index (χ1n) is 4.22. The zero-order chi connectivity index (χ0) is 9.47. The number of hydrogen-bond donors (Lipinski definition) is 1. The predicted octanol–water partition coefficient (Wildman–Crippen LogP) is 2.49. The molecule has 0 aliphatic rings. The summed E-state index contributed by atoms with van der Waals surface area (Å²) in [6.07, 6.45) is 0. The summed E-state index contributed by atoms with van der Waals surface area (Å²) >= 11 is 1.67. The average Bonchev–Trinajstić information content (AvgIpc) is 2.45. The Labute approximate surface area is 81.4 Å². The minimum absolute atomic E-state index is 0.330. The molecule has 0 aliphatic carbocycles. The number of nitrogens with two attached hydrogens (primary N) is 1.